The molecule has 0 radical (unpaired) electrons. The second-order valence-corrected chi connectivity index (χ2v) is 7.49. The first kappa shape index (κ1) is 19.0. The fourth-order valence-electron chi connectivity index (χ4n) is 3.42. The number of carbonyl (C=O) groups is 2. The lowest BCUT2D eigenvalue weighted by Gasteiger charge is -2.25. The maximum atomic E-state index is 12.9. The number of likely N-dealkylation sites (tertiary alicyclic amines) is 1. The van der Waals surface area contributed by atoms with Crippen molar-refractivity contribution in [2.75, 3.05) is 0 Å². The molecule has 29 heavy (non-hydrogen) atoms. The fourth-order valence-corrected chi connectivity index (χ4v) is 3.84. The number of pyridine rings is 2. The maximum absolute atomic E-state index is 12.9. The average molecular weight is 450 g/mol. The van der Waals surface area contributed by atoms with Crippen molar-refractivity contribution >= 4 is 33.4 Å². The molecule has 6 nitrogen and oxygen atoms in total. The molecule has 1 aliphatic heterocycles. The molecule has 1 atom stereocenters. The molecule has 7 heteroatoms. The zero-order valence-electron chi connectivity index (χ0n) is 15.2. The Morgan fingerprint density at radius 1 is 1.03 bits per heavy atom. The van der Waals surface area contributed by atoms with E-state index in [2.05, 4.69) is 25.9 Å². The number of nitrogens with zero attached hydrogens (tertiary/aromatic N) is 3. The Morgan fingerprint density at radius 3 is 2.52 bits per heavy atom. The number of aliphatic hydroxyl groups excluding tert-OH is 1. The number of hydrogen-bond donors (Lipinski definition) is 1. The Balaban J connectivity index is 1.87. The number of amides is 1. The molecule has 0 spiro atoms. The summed E-state index contributed by atoms with van der Waals surface area (Å²) in [4.78, 5) is 35.3. The number of aromatic nitrogens is 2. The molecule has 1 amide bonds. The van der Waals surface area contributed by atoms with Crippen LogP contribution in [0.5, 0.6) is 0 Å². The largest absolute Gasteiger partial charge is 0.507 e. The smallest absolute Gasteiger partial charge is 0.295 e. The number of ketones is 1. The summed E-state index contributed by atoms with van der Waals surface area (Å²) in [6.07, 6.45) is 6.34. The maximum Gasteiger partial charge on any atom is 0.295 e. The van der Waals surface area contributed by atoms with Crippen LogP contribution in [0.4, 0.5) is 0 Å². The lowest BCUT2D eigenvalue weighted by Crippen LogP contribution is -2.29. The van der Waals surface area contributed by atoms with Gasteiger partial charge in [0.05, 0.1) is 11.6 Å². The quantitative estimate of drug-likeness (QED) is 0.371. The van der Waals surface area contributed by atoms with Gasteiger partial charge in [0.1, 0.15) is 5.76 Å². The van der Waals surface area contributed by atoms with E-state index in [0.29, 0.717) is 5.56 Å². The van der Waals surface area contributed by atoms with Crippen LogP contribution in [-0.4, -0.2) is 31.7 Å². The van der Waals surface area contributed by atoms with Crippen molar-refractivity contribution in [1.82, 2.24) is 14.9 Å². The van der Waals surface area contributed by atoms with Crippen LogP contribution >= 0.6 is 15.9 Å². The van der Waals surface area contributed by atoms with E-state index < -0.39 is 17.7 Å². The standard InChI is InChI=1S/C22H16BrN3O3/c23-17-5-1-4-16(11-17)19-18(20(27)15-6-9-24-10-7-15)21(28)22(29)26(19)13-14-3-2-8-25-12-14/h1-12,19,27H,13H2/b20-18+. The third kappa shape index (κ3) is 3.69. The molecule has 144 valence electrons. The minimum atomic E-state index is -0.721. The molecule has 0 aliphatic carbocycles. The first-order valence-corrected chi connectivity index (χ1v) is 9.68. The molecule has 1 fully saturated rings. The zero-order valence-corrected chi connectivity index (χ0v) is 16.8. The minimum Gasteiger partial charge on any atom is -0.507 e. The topological polar surface area (TPSA) is 83.4 Å². The Bertz CT molecular complexity index is 1100. The molecule has 1 unspecified atom stereocenters. The summed E-state index contributed by atoms with van der Waals surface area (Å²) in [7, 11) is 0. The first-order chi connectivity index (χ1) is 14.1. The van der Waals surface area contributed by atoms with E-state index in [9.17, 15) is 14.7 Å². The lowest BCUT2D eigenvalue weighted by molar-refractivity contribution is -0.140. The zero-order chi connectivity index (χ0) is 20.4. The third-order valence-corrected chi connectivity index (χ3v) is 5.23. The highest BCUT2D eigenvalue weighted by Crippen LogP contribution is 2.40. The normalized spacial score (nSPS) is 18.2. The van der Waals surface area contributed by atoms with E-state index in [4.69, 9.17) is 0 Å². The van der Waals surface area contributed by atoms with Gasteiger partial charge in [0.15, 0.2) is 0 Å². The van der Waals surface area contributed by atoms with Gasteiger partial charge in [-0.2, -0.15) is 0 Å². The van der Waals surface area contributed by atoms with Crippen molar-refractivity contribution in [2.24, 2.45) is 0 Å². The van der Waals surface area contributed by atoms with E-state index in [1.807, 2.05) is 30.3 Å². The highest BCUT2D eigenvalue weighted by Gasteiger charge is 2.46. The summed E-state index contributed by atoms with van der Waals surface area (Å²) in [6.45, 7) is 0.197. The molecule has 1 saturated heterocycles. The number of aliphatic hydroxyl groups is 1. The Hall–Kier alpha value is -3.32. The first-order valence-electron chi connectivity index (χ1n) is 8.89. The van der Waals surface area contributed by atoms with Crippen LogP contribution in [0, 0.1) is 0 Å². The van der Waals surface area contributed by atoms with Crippen molar-refractivity contribution in [3.05, 3.63) is 100 Å². The van der Waals surface area contributed by atoms with Crippen LogP contribution in [0.15, 0.2) is 83.4 Å². The molecular weight excluding hydrogens is 434 g/mol. The van der Waals surface area contributed by atoms with Crippen molar-refractivity contribution in [1.29, 1.82) is 0 Å². The summed E-state index contributed by atoms with van der Waals surface area (Å²) in [5, 5.41) is 10.9. The Morgan fingerprint density at radius 2 is 1.83 bits per heavy atom. The highest BCUT2D eigenvalue weighted by atomic mass is 79.9. The molecular formula is C22H16BrN3O3. The number of halogens is 1. The monoisotopic (exact) mass is 449 g/mol. The van der Waals surface area contributed by atoms with Gasteiger partial charge in [0, 0.05) is 41.4 Å². The minimum absolute atomic E-state index is 0.0585. The van der Waals surface area contributed by atoms with Crippen LogP contribution in [0.1, 0.15) is 22.7 Å². The lowest BCUT2D eigenvalue weighted by atomic mass is 9.95. The van der Waals surface area contributed by atoms with E-state index in [1.54, 1.807) is 30.6 Å². The van der Waals surface area contributed by atoms with E-state index in [0.717, 1.165) is 15.6 Å². The van der Waals surface area contributed by atoms with Crippen LogP contribution in [-0.2, 0) is 16.1 Å². The summed E-state index contributed by atoms with van der Waals surface area (Å²) >= 11 is 3.44. The number of carbonyl (C=O) groups excluding carboxylic acids is 2. The third-order valence-electron chi connectivity index (χ3n) is 4.73. The number of hydrogen-bond acceptors (Lipinski definition) is 5. The van der Waals surface area contributed by atoms with Crippen molar-refractivity contribution < 1.29 is 14.7 Å². The Labute approximate surface area is 175 Å². The summed E-state index contributed by atoms with van der Waals surface area (Å²) < 4.78 is 0.811. The van der Waals surface area contributed by atoms with E-state index in [1.165, 1.54) is 17.3 Å². The number of Topliss-reactive ketones (excluding diaryl/α,β-unsaturated/α-hetero) is 1. The van der Waals surface area contributed by atoms with Crippen LogP contribution < -0.4 is 0 Å². The SMILES string of the molecule is O=C1C(=O)N(Cc2cccnc2)C(c2cccc(Br)c2)/C1=C(\O)c1ccncc1. The summed E-state index contributed by atoms with van der Waals surface area (Å²) in [5.74, 6) is -1.59. The molecule has 1 aromatic carbocycles. The van der Waals surface area contributed by atoms with E-state index >= 15 is 0 Å². The van der Waals surface area contributed by atoms with Crippen LogP contribution in [0.3, 0.4) is 0 Å². The van der Waals surface area contributed by atoms with Gasteiger partial charge in [0.2, 0.25) is 0 Å². The van der Waals surface area contributed by atoms with E-state index in [-0.39, 0.29) is 17.9 Å². The van der Waals surface area contributed by atoms with Crippen molar-refractivity contribution in [3.63, 3.8) is 0 Å². The van der Waals surface area contributed by atoms with Crippen LogP contribution in [0.25, 0.3) is 5.76 Å². The van der Waals surface area contributed by atoms with Gasteiger partial charge in [-0.15, -0.1) is 0 Å². The van der Waals surface area contributed by atoms with Crippen molar-refractivity contribution in [3.8, 4) is 0 Å². The summed E-state index contributed by atoms with van der Waals surface area (Å²) in [5.41, 5.74) is 2.00. The van der Waals surface area contributed by atoms with Gasteiger partial charge in [-0.1, -0.05) is 34.1 Å². The molecule has 2 aromatic heterocycles. The van der Waals surface area contributed by atoms with Gasteiger partial charge >= 0.3 is 0 Å². The van der Waals surface area contributed by atoms with Gasteiger partial charge in [0.25, 0.3) is 11.7 Å². The predicted octanol–water partition coefficient (Wildman–Crippen LogP) is 3.86. The van der Waals surface area contributed by atoms with Gasteiger partial charge < -0.3 is 10.0 Å². The average Bonchev–Trinajstić information content (AvgIpc) is 2.99. The molecule has 4 rings (SSSR count). The van der Waals surface area contributed by atoms with Gasteiger partial charge in [-0.05, 0) is 41.5 Å². The number of rotatable bonds is 4. The molecule has 0 saturated carbocycles. The fraction of sp³-hybridized carbons (Fsp3) is 0.0909. The molecule has 3 aromatic rings. The molecule has 1 N–H and O–H groups in total. The van der Waals surface area contributed by atoms with Gasteiger partial charge in [-0.3, -0.25) is 19.6 Å². The molecule has 3 heterocycles. The Kier molecular flexibility index (Phi) is 5.22. The number of benzene rings is 1. The second-order valence-electron chi connectivity index (χ2n) is 6.58. The van der Waals surface area contributed by atoms with Crippen molar-refractivity contribution in [2.45, 2.75) is 12.6 Å². The predicted molar refractivity (Wildman–Crippen MR) is 110 cm³/mol. The summed E-state index contributed by atoms with van der Waals surface area (Å²) in [6, 6.07) is 13.5. The molecule has 1 aliphatic rings. The highest BCUT2D eigenvalue weighted by molar-refractivity contribution is 9.10. The second kappa shape index (κ2) is 7.97. The van der Waals surface area contributed by atoms with Crippen LogP contribution in [0.2, 0.25) is 0 Å². The molecule has 0 bridgehead atoms. The van der Waals surface area contributed by atoms with Gasteiger partial charge in [-0.25, -0.2) is 0 Å².